The Hall–Kier alpha value is -0.140. The predicted molar refractivity (Wildman–Crippen MR) is 70.7 cm³/mol. The summed E-state index contributed by atoms with van der Waals surface area (Å²) in [5.74, 6) is 0. The smallest absolute Gasteiger partial charge is 0.134 e. The molecular weight excluding hydrogens is 254 g/mol. The minimum Gasteiger partial charge on any atom is -0.394 e. The zero-order chi connectivity index (χ0) is 13.1. The van der Waals surface area contributed by atoms with Gasteiger partial charge in [-0.2, -0.15) is 0 Å². The van der Waals surface area contributed by atoms with Crippen LogP contribution in [0.3, 0.4) is 0 Å². The molecule has 1 fully saturated rings. The fourth-order valence-electron chi connectivity index (χ4n) is 2.28. The number of rotatable bonds is 5. The summed E-state index contributed by atoms with van der Waals surface area (Å²) in [5, 5.41) is 29.8. The average molecular weight is 275 g/mol. The van der Waals surface area contributed by atoms with Crippen molar-refractivity contribution >= 4 is 16.8 Å². The largest absolute Gasteiger partial charge is 0.394 e. The molecule has 0 bridgehead atoms. The predicted octanol–water partition coefficient (Wildman–Crippen LogP) is 0.520. The molecule has 5 atom stereocenters. The lowest BCUT2D eigenvalue weighted by Crippen LogP contribution is -2.55. The second kappa shape index (κ2) is 6.34. The van der Waals surface area contributed by atoms with E-state index in [1.165, 1.54) is 18.2 Å². The third-order valence-electron chi connectivity index (χ3n) is 3.39. The molecule has 0 amide bonds. The summed E-state index contributed by atoms with van der Waals surface area (Å²) in [4.78, 5) is 4.45. The number of ether oxygens (including phenoxy) is 1. The first-order valence-electron chi connectivity index (χ1n) is 6.53. The Labute approximate surface area is 111 Å². The molecule has 3 N–H and O–H groups in total. The van der Waals surface area contributed by atoms with Gasteiger partial charge >= 0.3 is 0 Å². The van der Waals surface area contributed by atoms with Crippen molar-refractivity contribution < 1.29 is 20.1 Å². The monoisotopic (exact) mass is 275 g/mol. The normalized spacial score (nSPS) is 39.6. The van der Waals surface area contributed by atoms with E-state index in [4.69, 9.17) is 9.84 Å². The van der Waals surface area contributed by atoms with Crippen LogP contribution < -0.4 is 0 Å². The van der Waals surface area contributed by atoms with Crippen molar-refractivity contribution in [3.8, 4) is 0 Å². The number of unbranched alkanes of at least 4 members (excludes halogenated alkanes) is 2. The lowest BCUT2D eigenvalue weighted by Gasteiger charge is -2.37. The van der Waals surface area contributed by atoms with Crippen LogP contribution in [-0.2, 0) is 4.74 Å². The minimum absolute atomic E-state index is 0.267. The number of fused-ring (bicyclic) bond motifs is 1. The maximum Gasteiger partial charge on any atom is 0.134 e. The maximum absolute atomic E-state index is 9.98. The van der Waals surface area contributed by atoms with Crippen molar-refractivity contribution in [2.75, 3.05) is 6.61 Å². The van der Waals surface area contributed by atoms with E-state index in [2.05, 4.69) is 11.9 Å². The Morgan fingerprint density at radius 1 is 1.28 bits per heavy atom. The number of aliphatic hydroxyl groups excluding tert-OH is 3. The molecule has 2 heterocycles. The van der Waals surface area contributed by atoms with Gasteiger partial charge in [0.05, 0.1) is 11.7 Å². The lowest BCUT2D eigenvalue weighted by molar-refractivity contribution is -0.164. The molecule has 2 rings (SSSR count). The SMILES string of the molecule is CCCCCC1=N[C@H]2C(O[C@H](CO)[C@@H](O)[C@@H]2O)S1. The Kier molecular flexibility index (Phi) is 5.03. The van der Waals surface area contributed by atoms with Crippen molar-refractivity contribution in [2.24, 2.45) is 4.99 Å². The first-order valence-corrected chi connectivity index (χ1v) is 7.41. The third-order valence-corrected chi connectivity index (χ3v) is 4.59. The van der Waals surface area contributed by atoms with E-state index in [1.54, 1.807) is 0 Å². The van der Waals surface area contributed by atoms with Gasteiger partial charge in [0, 0.05) is 0 Å². The standard InChI is InChI=1S/C12H21NO4S/c1-2-3-4-5-8-13-9-11(16)10(15)7(6-14)17-12(9)18-8/h7,9-12,14-16H,2-6H2,1H3/t7-,9-,10-,11-,12?/m1/s1. The van der Waals surface area contributed by atoms with Gasteiger partial charge in [-0.15, -0.1) is 0 Å². The van der Waals surface area contributed by atoms with Gasteiger partial charge in [-0.05, 0) is 12.8 Å². The highest BCUT2D eigenvalue weighted by atomic mass is 32.2. The number of hydrogen-bond donors (Lipinski definition) is 3. The second-order valence-corrected chi connectivity index (χ2v) is 5.97. The van der Waals surface area contributed by atoms with Crippen LogP contribution in [0.5, 0.6) is 0 Å². The van der Waals surface area contributed by atoms with E-state index in [1.807, 2.05) is 0 Å². The second-order valence-electron chi connectivity index (χ2n) is 4.80. The molecular formula is C12H21NO4S. The van der Waals surface area contributed by atoms with Crippen LogP contribution in [0.1, 0.15) is 32.6 Å². The number of thioether (sulfide) groups is 1. The van der Waals surface area contributed by atoms with Crippen LogP contribution >= 0.6 is 11.8 Å². The van der Waals surface area contributed by atoms with E-state index in [0.717, 1.165) is 24.3 Å². The van der Waals surface area contributed by atoms with Crippen molar-refractivity contribution in [3.63, 3.8) is 0 Å². The molecule has 0 aromatic rings. The number of nitrogens with zero attached hydrogens (tertiary/aromatic N) is 1. The molecule has 6 heteroatoms. The van der Waals surface area contributed by atoms with E-state index >= 15 is 0 Å². The first-order chi connectivity index (χ1) is 8.67. The van der Waals surface area contributed by atoms with Crippen LogP contribution in [0.15, 0.2) is 4.99 Å². The molecule has 104 valence electrons. The molecule has 1 saturated heterocycles. The topological polar surface area (TPSA) is 82.3 Å². The molecule has 0 saturated carbocycles. The quantitative estimate of drug-likeness (QED) is 0.637. The van der Waals surface area contributed by atoms with Crippen LogP contribution in [0.2, 0.25) is 0 Å². The van der Waals surface area contributed by atoms with Gasteiger partial charge in [-0.25, -0.2) is 0 Å². The molecule has 18 heavy (non-hydrogen) atoms. The minimum atomic E-state index is -1.06. The van der Waals surface area contributed by atoms with Crippen molar-refractivity contribution in [1.29, 1.82) is 0 Å². The molecule has 1 unspecified atom stereocenters. The van der Waals surface area contributed by atoms with Gasteiger partial charge in [0.25, 0.3) is 0 Å². The molecule has 2 aliphatic heterocycles. The zero-order valence-electron chi connectivity index (χ0n) is 10.5. The van der Waals surface area contributed by atoms with Crippen LogP contribution in [-0.4, -0.2) is 56.8 Å². The third kappa shape index (κ3) is 2.88. The van der Waals surface area contributed by atoms with Crippen molar-refractivity contribution in [2.45, 2.75) is 62.4 Å². The van der Waals surface area contributed by atoms with E-state index in [9.17, 15) is 10.2 Å². The highest BCUT2D eigenvalue weighted by Gasteiger charge is 2.47. The number of hydrogen-bond acceptors (Lipinski definition) is 6. The fourth-order valence-corrected chi connectivity index (χ4v) is 3.55. The Morgan fingerprint density at radius 2 is 2.06 bits per heavy atom. The Balaban J connectivity index is 1.95. The molecule has 0 radical (unpaired) electrons. The summed E-state index contributed by atoms with van der Waals surface area (Å²) in [7, 11) is 0. The summed E-state index contributed by atoms with van der Waals surface area (Å²) in [6.45, 7) is 1.87. The highest BCUT2D eigenvalue weighted by Crippen LogP contribution is 2.37. The van der Waals surface area contributed by atoms with Gasteiger partial charge in [-0.1, -0.05) is 31.5 Å². The van der Waals surface area contributed by atoms with Crippen LogP contribution in [0, 0.1) is 0 Å². The van der Waals surface area contributed by atoms with Crippen molar-refractivity contribution in [3.05, 3.63) is 0 Å². The van der Waals surface area contributed by atoms with E-state index in [0.29, 0.717) is 0 Å². The van der Waals surface area contributed by atoms with Gasteiger partial charge in [0.15, 0.2) is 0 Å². The zero-order valence-corrected chi connectivity index (χ0v) is 11.3. The Bertz CT molecular complexity index is 312. The number of aliphatic imine (C=N–C) groups is 1. The number of aliphatic hydroxyl groups is 3. The molecule has 0 aromatic carbocycles. The van der Waals surface area contributed by atoms with Gasteiger partial charge < -0.3 is 20.1 Å². The van der Waals surface area contributed by atoms with Crippen LogP contribution in [0.25, 0.3) is 0 Å². The summed E-state index contributed by atoms with van der Waals surface area (Å²) in [6, 6.07) is -0.399. The highest BCUT2D eigenvalue weighted by molar-refractivity contribution is 8.14. The summed E-state index contributed by atoms with van der Waals surface area (Å²) in [6.07, 6.45) is 1.60. The molecule has 0 aliphatic carbocycles. The van der Waals surface area contributed by atoms with Gasteiger partial charge in [0.1, 0.15) is 29.8 Å². The maximum atomic E-state index is 9.98. The first kappa shape index (κ1) is 14.3. The van der Waals surface area contributed by atoms with E-state index < -0.39 is 24.4 Å². The molecule has 0 aromatic heterocycles. The molecule has 2 aliphatic rings. The molecule has 5 nitrogen and oxygen atoms in total. The lowest BCUT2D eigenvalue weighted by atomic mass is 9.99. The van der Waals surface area contributed by atoms with Crippen molar-refractivity contribution in [1.82, 2.24) is 0 Å². The van der Waals surface area contributed by atoms with Crippen LogP contribution in [0.4, 0.5) is 0 Å². The summed E-state index contributed by atoms with van der Waals surface area (Å²) < 4.78 is 5.57. The summed E-state index contributed by atoms with van der Waals surface area (Å²) >= 11 is 1.52. The Morgan fingerprint density at radius 3 is 2.72 bits per heavy atom. The molecule has 0 spiro atoms. The summed E-state index contributed by atoms with van der Waals surface area (Å²) in [5.41, 5.74) is -0.267. The average Bonchev–Trinajstić information content (AvgIpc) is 2.77. The van der Waals surface area contributed by atoms with E-state index in [-0.39, 0.29) is 12.0 Å². The fraction of sp³-hybridized carbons (Fsp3) is 0.917. The van der Waals surface area contributed by atoms with Gasteiger partial charge in [-0.3, -0.25) is 4.99 Å². The van der Waals surface area contributed by atoms with Gasteiger partial charge in [0.2, 0.25) is 0 Å².